The van der Waals surface area contributed by atoms with Crippen LogP contribution in [0.2, 0.25) is 0 Å². The largest absolute Gasteiger partial charge is 0.487 e. The Bertz CT molecular complexity index is 5590. The lowest BCUT2D eigenvalue weighted by atomic mass is 9.95. The first-order chi connectivity index (χ1) is 60.5. The molecule has 0 radical (unpaired) electrons. The number of unbranched alkanes of at least 4 members (excludes halogenated alkanes) is 6. The minimum Gasteiger partial charge on any atom is -0.487 e. The van der Waals surface area contributed by atoms with Gasteiger partial charge in [-0.05, 0) is 183 Å². The van der Waals surface area contributed by atoms with Crippen LogP contribution in [0.15, 0.2) is 131 Å². The van der Waals surface area contributed by atoms with Gasteiger partial charge in [0, 0.05) is 116 Å². The molecule has 4 aliphatic heterocycles. The maximum absolute atomic E-state index is 16.2. The maximum Gasteiger partial charge on any atom is 0.261 e. The van der Waals surface area contributed by atoms with Crippen LogP contribution in [0.5, 0.6) is 5.06 Å². The van der Waals surface area contributed by atoms with Gasteiger partial charge in [-0.3, -0.25) is 24.0 Å². The second-order valence-corrected chi connectivity index (χ2v) is 45.7. The van der Waals surface area contributed by atoms with Crippen LogP contribution in [0.4, 0.5) is 0 Å². The van der Waals surface area contributed by atoms with Crippen molar-refractivity contribution >= 4 is 186 Å². The van der Waals surface area contributed by atoms with Gasteiger partial charge in [-0.2, -0.15) is 0 Å². The first-order valence-corrected chi connectivity index (χ1v) is 54.7. The van der Waals surface area contributed by atoms with Crippen LogP contribution in [-0.2, 0) is 32.0 Å². The fraction of sp³-hybridized carbons (Fsp3) is 0.471. The molecule has 14 heterocycles. The van der Waals surface area contributed by atoms with Crippen molar-refractivity contribution in [2.45, 2.75) is 250 Å². The molecule has 10 nitrogen and oxygen atoms in total. The van der Waals surface area contributed by atoms with Crippen molar-refractivity contribution in [2.24, 2.45) is 35.5 Å². The lowest BCUT2D eigenvalue weighted by Gasteiger charge is -2.29. The Balaban J connectivity index is 0.918. The predicted molar refractivity (Wildman–Crippen MR) is 539 cm³/mol. The second-order valence-electron chi connectivity index (χ2n) is 34.8. The molecule has 10 aromatic heterocycles. The van der Waals surface area contributed by atoms with Gasteiger partial charge < -0.3 is 24.3 Å². The summed E-state index contributed by atoms with van der Waals surface area (Å²) in [4.78, 5) is 103. The molecule has 6 atom stereocenters. The molecule has 124 heavy (non-hydrogen) atoms. The molecular weight excluding hydrogens is 1720 g/mol. The van der Waals surface area contributed by atoms with Crippen LogP contribution in [0.1, 0.15) is 276 Å². The van der Waals surface area contributed by atoms with Gasteiger partial charge in [0.2, 0.25) is 0 Å². The highest BCUT2D eigenvalue weighted by Gasteiger charge is 2.52. The van der Waals surface area contributed by atoms with Crippen LogP contribution in [0.25, 0.3) is 103 Å². The lowest BCUT2D eigenvalue weighted by Crippen LogP contribution is -2.34. The third-order valence-corrected chi connectivity index (χ3v) is 38.3. The molecule has 0 aliphatic carbocycles. The number of thiophene rings is 10. The number of hydrogen-bond acceptors (Lipinski definition) is 16. The SMILES string of the molecule is CCCCC(CC)Cc1ccc(-c2c3cc(-c4ccc(C5=C6C(=O)N(CC(CC)CCCC)C(c7ccc(-c8ccc(OC)s8)s7)=C6C(=O)N5CC(CC)CCCC)s4)sc3c(-c3ccc(CC(CC)CCCC)s3)c3cc(-c4ccc(C5=C6C(=O)N(CC(CC)CCCC)C(c7ccc(-c8ccc(C=O)s8)s7)=C6C(=O)N5CC(CC)CCCC)s4)sc23)s1. The predicted octanol–water partition coefficient (Wildman–Crippen LogP) is 32.4. The van der Waals surface area contributed by atoms with E-state index >= 15 is 19.2 Å². The van der Waals surface area contributed by atoms with Gasteiger partial charge in [-0.15, -0.1) is 102 Å². The topological polar surface area (TPSA) is 108 Å². The van der Waals surface area contributed by atoms with E-state index in [0.29, 0.717) is 65.2 Å². The van der Waals surface area contributed by atoms with Gasteiger partial charge in [0.15, 0.2) is 11.3 Å². The third kappa shape index (κ3) is 18.9. The molecule has 0 N–H and O–H groups in total. The number of carbonyl (C=O) groups excluding carboxylic acids is 5. The van der Waals surface area contributed by atoms with E-state index in [1.807, 2.05) is 83.1 Å². The van der Waals surface area contributed by atoms with Gasteiger partial charge in [-0.25, -0.2) is 0 Å². The highest BCUT2D eigenvalue weighted by atomic mass is 32.1. The smallest absolute Gasteiger partial charge is 0.261 e. The van der Waals surface area contributed by atoms with Crippen molar-refractivity contribution in [1.82, 2.24) is 19.6 Å². The molecular formula is C104H124N4O6S10. The molecule has 6 unspecified atom stereocenters. The molecule has 20 heteroatoms. The summed E-state index contributed by atoms with van der Waals surface area (Å²) in [5.41, 5.74) is 7.66. The van der Waals surface area contributed by atoms with Crippen LogP contribution in [0.3, 0.4) is 0 Å². The summed E-state index contributed by atoms with van der Waals surface area (Å²) in [6.07, 6.45) is 28.8. The lowest BCUT2D eigenvalue weighted by molar-refractivity contribution is -0.124. The van der Waals surface area contributed by atoms with Gasteiger partial charge in [0.05, 0.1) is 76.6 Å². The number of carbonyl (C=O) groups is 5. The number of fused-ring (bicyclic) bond motifs is 4. The Morgan fingerprint density at radius 1 is 0.298 bits per heavy atom. The standard InChI is InChI=1S/C104H124N4O6S10/c1-14-26-32-63(20-7)54-69-38-42-80(115-69)89-72-56-86(78-46-50-84(120-78)97-93-91(101(110)107(97)60-67(24-11)36-30-18-5)95(105(103(93)112)58-65(22-9)34-28-16-3)82-48-44-75(118-82)74-41-40-71(62-109)117-74)123-99(72)90(81-43-39-70(116-81)55-64(21-8)33-27-15-2)73-57-87(124-100(73)89)79-47-51-85(121-79)98-94-92(102(111)108(98)61-68(25-12)37-31-19-6)96(106(104(94)113)59-66(23-10)35-29-17-4)83-49-45-76(119-83)77-52-53-88(114-13)122-77/h38-53,56-57,62-68H,14-37,54-55,58-61H2,1-13H3. The van der Waals surface area contributed by atoms with Crippen LogP contribution < -0.4 is 4.74 Å². The summed E-state index contributed by atoms with van der Waals surface area (Å²) in [7, 11) is 1.71. The third-order valence-electron chi connectivity index (χ3n) is 26.5. The van der Waals surface area contributed by atoms with Gasteiger partial charge in [-0.1, -0.05) is 223 Å². The number of ether oxygens (including phenoxy) is 1. The van der Waals surface area contributed by atoms with Crippen LogP contribution >= 0.6 is 113 Å². The fourth-order valence-corrected chi connectivity index (χ4v) is 30.2. The average Bonchev–Trinajstić information content (AvgIpc) is 1.55. The molecule has 4 amide bonds. The van der Waals surface area contributed by atoms with Crippen molar-refractivity contribution < 1.29 is 28.7 Å². The van der Waals surface area contributed by atoms with E-state index in [9.17, 15) is 4.79 Å². The molecule has 15 rings (SSSR count). The van der Waals surface area contributed by atoms with Crippen molar-refractivity contribution in [3.05, 3.63) is 166 Å². The molecule has 0 saturated heterocycles. The van der Waals surface area contributed by atoms with E-state index in [0.717, 1.165) is 221 Å². The number of rotatable bonds is 48. The Morgan fingerprint density at radius 3 is 0.863 bits per heavy atom. The summed E-state index contributed by atoms with van der Waals surface area (Å²) in [6.45, 7) is 29.4. The van der Waals surface area contributed by atoms with Crippen molar-refractivity contribution in [1.29, 1.82) is 0 Å². The molecule has 4 aliphatic rings. The molecule has 11 aromatic rings. The van der Waals surface area contributed by atoms with Gasteiger partial charge in [0.25, 0.3) is 23.6 Å². The Hall–Kier alpha value is -6.95. The molecule has 0 bridgehead atoms. The number of nitrogens with zero attached hydrogens (tertiary/aromatic N) is 4. The number of aldehydes is 1. The monoisotopic (exact) mass is 1840 g/mol. The molecule has 656 valence electrons. The zero-order chi connectivity index (χ0) is 87.0. The summed E-state index contributed by atoms with van der Waals surface area (Å²) in [5.74, 6) is 1.89. The summed E-state index contributed by atoms with van der Waals surface area (Å²) in [6, 6.07) is 40.1. The molecule has 0 fully saturated rings. The quantitative estimate of drug-likeness (QED) is 0.0352. The van der Waals surface area contributed by atoms with Gasteiger partial charge >= 0.3 is 0 Å². The molecule has 0 spiro atoms. The first kappa shape index (κ1) is 91.8. The van der Waals surface area contributed by atoms with E-state index in [4.69, 9.17) is 4.74 Å². The van der Waals surface area contributed by atoms with E-state index in [1.165, 1.54) is 101 Å². The highest BCUT2D eigenvalue weighted by Crippen LogP contribution is 2.59. The fourth-order valence-electron chi connectivity index (χ4n) is 18.9. The maximum atomic E-state index is 16.2. The number of amides is 4. The Morgan fingerprint density at radius 2 is 0.573 bits per heavy atom. The van der Waals surface area contributed by atoms with E-state index < -0.39 is 0 Å². The number of benzene rings is 1. The zero-order valence-corrected chi connectivity index (χ0v) is 83.1. The molecule has 1 aromatic carbocycles. The minimum absolute atomic E-state index is 0.0671. The van der Waals surface area contributed by atoms with Crippen molar-refractivity contribution in [2.75, 3.05) is 33.3 Å². The van der Waals surface area contributed by atoms with Gasteiger partial charge in [0.1, 0.15) is 0 Å². The van der Waals surface area contributed by atoms with Crippen molar-refractivity contribution in [3.63, 3.8) is 0 Å². The minimum atomic E-state index is -0.0891. The summed E-state index contributed by atoms with van der Waals surface area (Å²) >= 11 is 17.5. The Labute approximate surface area is 776 Å². The number of hydrogen-bond donors (Lipinski definition) is 0. The van der Waals surface area contributed by atoms with E-state index in [2.05, 4.69) is 174 Å². The normalized spacial score (nSPS) is 16.0. The molecule has 0 saturated carbocycles. The summed E-state index contributed by atoms with van der Waals surface area (Å²) in [5, 5.41) is 3.30. The van der Waals surface area contributed by atoms with Crippen LogP contribution in [-0.4, -0.2) is 82.8 Å². The van der Waals surface area contributed by atoms with Crippen LogP contribution in [0, 0.1) is 35.5 Å². The van der Waals surface area contributed by atoms with Crippen molar-refractivity contribution in [3.8, 4) is 65.0 Å². The average molecular weight is 1850 g/mol. The Kier molecular flexibility index (Phi) is 31.2. The number of methoxy groups -OCH3 is 1. The van der Waals surface area contributed by atoms with E-state index in [1.54, 1.807) is 63.8 Å². The second kappa shape index (κ2) is 42.1. The summed E-state index contributed by atoms with van der Waals surface area (Å²) < 4.78 is 8.18. The zero-order valence-electron chi connectivity index (χ0n) is 75.0. The highest BCUT2D eigenvalue weighted by molar-refractivity contribution is 7.30. The first-order valence-electron chi connectivity index (χ1n) is 46.6. The van der Waals surface area contributed by atoms with E-state index in [-0.39, 0.29) is 47.3 Å².